The highest BCUT2D eigenvalue weighted by molar-refractivity contribution is 6.31. The van der Waals surface area contributed by atoms with Crippen molar-refractivity contribution in [3.63, 3.8) is 0 Å². The maximum atomic E-state index is 13.6. The number of likely N-dealkylation sites (tertiary alicyclic amines) is 1. The number of nitrogens with one attached hydrogen (secondary N) is 1. The van der Waals surface area contributed by atoms with E-state index in [0.29, 0.717) is 37.9 Å². The minimum Gasteiger partial charge on any atom is -0.374 e. The lowest BCUT2D eigenvalue weighted by molar-refractivity contribution is -0.0741. The first-order valence-electron chi connectivity index (χ1n) is 11.8. The first-order chi connectivity index (χ1) is 16.1. The molecule has 6 rings (SSSR count). The Kier molecular flexibility index (Phi) is 5.41. The van der Waals surface area contributed by atoms with Crippen LogP contribution in [0, 0.1) is 0 Å². The highest BCUT2D eigenvalue weighted by atomic mass is 35.5. The molecule has 1 atom stereocenters. The number of nitrogens with zero attached hydrogens (tertiary/aromatic N) is 2. The largest absolute Gasteiger partial charge is 0.374 e. The average molecular weight is 466 g/mol. The molecule has 6 nitrogen and oxygen atoms in total. The Hall–Kier alpha value is -2.38. The lowest BCUT2D eigenvalue weighted by Crippen LogP contribution is -2.45. The summed E-state index contributed by atoms with van der Waals surface area (Å²) in [5.41, 5.74) is 4.02. The van der Waals surface area contributed by atoms with Crippen LogP contribution in [-0.2, 0) is 28.2 Å². The Bertz CT molecular complexity index is 1190. The minimum absolute atomic E-state index is 0.0740. The van der Waals surface area contributed by atoms with Crippen LogP contribution in [0.1, 0.15) is 34.3 Å². The molecule has 0 radical (unpaired) electrons. The third-order valence-corrected chi connectivity index (χ3v) is 7.59. The highest BCUT2D eigenvalue weighted by Crippen LogP contribution is 2.44. The van der Waals surface area contributed by atoms with Gasteiger partial charge in [0.05, 0.1) is 42.5 Å². The fourth-order valence-corrected chi connectivity index (χ4v) is 5.75. The van der Waals surface area contributed by atoms with Crippen LogP contribution in [-0.4, -0.2) is 54.3 Å². The number of morpholine rings is 1. The number of ether oxygens (including phenoxy) is 2. The van der Waals surface area contributed by atoms with E-state index in [1.54, 1.807) is 0 Å². The molecule has 3 aliphatic rings. The number of carbonyl (C=O) groups is 1. The molecule has 172 valence electrons. The molecule has 33 heavy (non-hydrogen) atoms. The predicted molar refractivity (Wildman–Crippen MR) is 128 cm³/mol. The number of halogens is 1. The van der Waals surface area contributed by atoms with E-state index in [1.165, 1.54) is 11.1 Å². The normalized spacial score (nSPS) is 22.1. The number of amides is 1. The number of aromatic nitrogens is 1. The molecule has 0 unspecified atom stereocenters. The summed E-state index contributed by atoms with van der Waals surface area (Å²) in [7, 11) is 0. The van der Waals surface area contributed by atoms with E-state index in [9.17, 15) is 4.79 Å². The van der Waals surface area contributed by atoms with Gasteiger partial charge < -0.3 is 24.3 Å². The second kappa shape index (κ2) is 8.44. The van der Waals surface area contributed by atoms with Crippen LogP contribution in [0.2, 0.25) is 5.02 Å². The van der Waals surface area contributed by atoms with Crippen molar-refractivity contribution in [2.75, 3.05) is 32.8 Å². The number of fused-ring (bicyclic) bond motifs is 3. The molecule has 2 fully saturated rings. The standard InChI is InChI=1S/C26H28ClN3O3/c27-19-5-6-21-22(16-30(24(21)13-19)15-20-14-28-9-12-32-20)25(31)29-10-7-26(8-11-29)23-4-2-1-3-18(23)17-33-26/h1-6,13,16,20,28H,7-12,14-15,17H2/t20-/m1/s1. The molecule has 3 aliphatic heterocycles. The number of piperidine rings is 1. The molecule has 0 saturated carbocycles. The van der Waals surface area contributed by atoms with Crippen molar-refractivity contribution >= 4 is 28.4 Å². The highest BCUT2D eigenvalue weighted by Gasteiger charge is 2.43. The first kappa shape index (κ1) is 21.2. The second-order valence-corrected chi connectivity index (χ2v) is 9.72. The molecule has 0 bridgehead atoms. The number of benzene rings is 2. The predicted octanol–water partition coefficient (Wildman–Crippen LogP) is 3.94. The molecule has 1 aromatic heterocycles. The third-order valence-electron chi connectivity index (χ3n) is 7.35. The van der Waals surface area contributed by atoms with Crippen molar-refractivity contribution in [1.29, 1.82) is 0 Å². The number of hydrogen-bond donors (Lipinski definition) is 1. The van der Waals surface area contributed by atoms with E-state index in [0.717, 1.165) is 42.4 Å². The number of hydrogen-bond acceptors (Lipinski definition) is 4. The van der Waals surface area contributed by atoms with Crippen molar-refractivity contribution in [3.05, 3.63) is 70.4 Å². The zero-order chi connectivity index (χ0) is 22.4. The molecule has 4 heterocycles. The smallest absolute Gasteiger partial charge is 0.256 e. The van der Waals surface area contributed by atoms with Crippen LogP contribution >= 0.6 is 11.6 Å². The number of rotatable bonds is 3. The SMILES string of the molecule is O=C(c1cn(C[C@H]2CNCCO2)c2cc(Cl)ccc12)N1CCC2(CC1)OCc1ccccc12. The summed E-state index contributed by atoms with van der Waals surface area (Å²) < 4.78 is 14.3. The van der Waals surface area contributed by atoms with Crippen LogP contribution in [0.4, 0.5) is 0 Å². The van der Waals surface area contributed by atoms with Gasteiger partial charge in [-0.2, -0.15) is 0 Å². The molecule has 1 N–H and O–H groups in total. The Morgan fingerprint density at radius 1 is 1.18 bits per heavy atom. The molecular weight excluding hydrogens is 438 g/mol. The first-order valence-corrected chi connectivity index (χ1v) is 12.1. The van der Waals surface area contributed by atoms with Crippen LogP contribution in [0.25, 0.3) is 10.9 Å². The third kappa shape index (κ3) is 3.75. The van der Waals surface area contributed by atoms with E-state index in [-0.39, 0.29) is 17.6 Å². The lowest BCUT2D eigenvalue weighted by Gasteiger charge is -2.39. The Morgan fingerprint density at radius 3 is 2.85 bits per heavy atom. The van der Waals surface area contributed by atoms with E-state index < -0.39 is 0 Å². The van der Waals surface area contributed by atoms with Gasteiger partial charge in [-0.3, -0.25) is 4.79 Å². The van der Waals surface area contributed by atoms with Crippen LogP contribution in [0.5, 0.6) is 0 Å². The van der Waals surface area contributed by atoms with Gasteiger partial charge in [-0.15, -0.1) is 0 Å². The zero-order valence-electron chi connectivity index (χ0n) is 18.6. The van der Waals surface area contributed by atoms with Crippen LogP contribution in [0.3, 0.4) is 0 Å². The monoisotopic (exact) mass is 465 g/mol. The molecule has 3 aromatic rings. The quantitative estimate of drug-likeness (QED) is 0.636. The van der Waals surface area contributed by atoms with Gasteiger partial charge in [0, 0.05) is 42.8 Å². The van der Waals surface area contributed by atoms with E-state index in [1.807, 2.05) is 29.3 Å². The van der Waals surface area contributed by atoms with Gasteiger partial charge in [-0.05, 0) is 36.1 Å². The van der Waals surface area contributed by atoms with Gasteiger partial charge >= 0.3 is 0 Å². The van der Waals surface area contributed by atoms with Gasteiger partial charge in [0.25, 0.3) is 5.91 Å². The van der Waals surface area contributed by atoms with Gasteiger partial charge in [-0.25, -0.2) is 0 Å². The zero-order valence-corrected chi connectivity index (χ0v) is 19.3. The summed E-state index contributed by atoms with van der Waals surface area (Å²) in [6.45, 7) is 5.10. The minimum atomic E-state index is -0.250. The Morgan fingerprint density at radius 2 is 2.03 bits per heavy atom. The van der Waals surface area contributed by atoms with Gasteiger partial charge in [0.15, 0.2) is 0 Å². The van der Waals surface area contributed by atoms with Gasteiger partial charge in [0.2, 0.25) is 0 Å². The maximum Gasteiger partial charge on any atom is 0.256 e. The van der Waals surface area contributed by atoms with E-state index in [2.05, 4.69) is 34.1 Å². The Labute approximate surface area is 198 Å². The second-order valence-electron chi connectivity index (χ2n) is 9.29. The fourth-order valence-electron chi connectivity index (χ4n) is 5.58. The van der Waals surface area contributed by atoms with E-state index >= 15 is 0 Å². The number of carbonyl (C=O) groups excluding carboxylic acids is 1. The summed E-state index contributed by atoms with van der Waals surface area (Å²) >= 11 is 6.32. The molecule has 7 heteroatoms. The van der Waals surface area contributed by atoms with Crippen molar-refractivity contribution < 1.29 is 14.3 Å². The Balaban J connectivity index is 1.25. The maximum absolute atomic E-state index is 13.6. The topological polar surface area (TPSA) is 55.7 Å². The summed E-state index contributed by atoms with van der Waals surface area (Å²) in [6.07, 6.45) is 3.70. The lowest BCUT2D eigenvalue weighted by atomic mass is 9.83. The van der Waals surface area contributed by atoms with Gasteiger partial charge in [0.1, 0.15) is 0 Å². The van der Waals surface area contributed by atoms with Crippen LogP contribution < -0.4 is 5.32 Å². The van der Waals surface area contributed by atoms with Crippen LogP contribution in [0.15, 0.2) is 48.7 Å². The summed E-state index contributed by atoms with van der Waals surface area (Å²) in [5.74, 6) is 0.0740. The van der Waals surface area contributed by atoms with Crippen molar-refractivity contribution in [2.24, 2.45) is 0 Å². The molecule has 2 saturated heterocycles. The average Bonchev–Trinajstić information content (AvgIpc) is 3.38. The van der Waals surface area contributed by atoms with Crippen molar-refractivity contribution in [3.8, 4) is 0 Å². The summed E-state index contributed by atoms with van der Waals surface area (Å²) in [6, 6.07) is 14.2. The summed E-state index contributed by atoms with van der Waals surface area (Å²) in [4.78, 5) is 15.6. The van der Waals surface area contributed by atoms with Crippen molar-refractivity contribution in [2.45, 2.75) is 37.7 Å². The van der Waals surface area contributed by atoms with Crippen molar-refractivity contribution in [1.82, 2.24) is 14.8 Å². The molecular formula is C26H28ClN3O3. The molecule has 0 aliphatic carbocycles. The van der Waals surface area contributed by atoms with E-state index in [4.69, 9.17) is 21.1 Å². The van der Waals surface area contributed by atoms with Gasteiger partial charge in [-0.1, -0.05) is 41.9 Å². The molecule has 1 spiro atoms. The molecule has 1 amide bonds. The molecule has 2 aromatic carbocycles. The fraction of sp³-hybridized carbons (Fsp3) is 0.423. The summed E-state index contributed by atoms with van der Waals surface area (Å²) in [5, 5.41) is 4.98.